The van der Waals surface area contributed by atoms with E-state index in [9.17, 15) is 22.8 Å². The van der Waals surface area contributed by atoms with Crippen molar-refractivity contribution in [3.63, 3.8) is 0 Å². The van der Waals surface area contributed by atoms with Gasteiger partial charge in [-0.05, 0) is 54.8 Å². The van der Waals surface area contributed by atoms with Crippen LogP contribution in [0.25, 0.3) is 0 Å². The van der Waals surface area contributed by atoms with E-state index in [4.69, 9.17) is 16.4 Å². The van der Waals surface area contributed by atoms with Gasteiger partial charge in [0.05, 0.1) is 12.3 Å². The van der Waals surface area contributed by atoms with E-state index in [0.29, 0.717) is 22.3 Å². The first kappa shape index (κ1) is 23.6. The molecule has 2 N–H and O–H groups in total. The van der Waals surface area contributed by atoms with E-state index >= 15 is 0 Å². The largest absolute Gasteiger partial charge is 0.435 e. The van der Waals surface area contributed by atoms with Crippen LogP contribution < -0.4 is 10.6 Å². The Balaban J connectivity index is 1.88. The Morgan fingerprint density at radius 2 is 1.91 bits per heavy atom. The summed E-state index contributed by atoms with van der Waals surface area (Å²) < 4.78 is 42.5. The topological polar surface area (TPSA) is 79.8 Å². The fourth-order valence-electron chi connectivity index (χ4n) is 3.47. The van der Waals surface area contributed by atoms with Crippen molar-refractivity contribution in [3.05, 3.63) is 69.2 Å². The highest BCUT2D eigenvalue weighted by Crippen LogP contribution is 2.49. The van der Waals surface area contributed by atoms with E-state index in [2.05, 4.69) is 15.8 Å². The molecule has 0 saturated heterocycles. The Hall–Kier alpha value is -3.07. The van der Waals surface area contributed by atoms with Crippen LogP contribution >= 0.6 is 11.6 Å². The van der Waals surface area contributed by atoms with Gasteiger partial charge in [0, 0.05) is 29.6 Å². The van der Waals surface area contributed by atoms with Crippen LogP contribution in [0, 0.1) is 13.8 Å². The molecule has 1 atom stereocenters. The number of amides is 2. The molecular weight excluding hydrogens is 447 g/mol. The number of carbonyl (C=O) groups excluding carboxylic acids is 2. The van der Waals surface area contributed by atoms with E-state index in [-0.39, 0.29) is 28.7 Å². The van der Waals surface area contributed by atoms with Gasteiger partial charge in [0.15, 0.2) is 0 Å². The highest BCUT2D eigenvalue weighted by Gasteiger charge is 2.62. The SMILES string of the molecule is CNC(=O)CNC(=O)c1ccc(C2=NO[C@@](c3cc(C)cc(Cl)c3)(C(F)(F)F)C2)cc1C. The summed E-state index contributed by atoms with van der Waals surface area (Å²) in [5.74, 6) is -0.828. The minimum Gasteiger partial charge on any atom is -0.374 e. The van der Waals surface area contributed by atoms with Crippen molar-refractivity contribution in [1.29, 1.82) is 0 Å². The quantitative estimate of drug-likeness (QED) is 0.697. The molecule has 1 aliphatic rings. The van der Waals surface area contributed by atoms with Gasteiger partial charge in [-0.15, -0.1) is 0 Å². The number of oxime groups is 1. The molecule has 2 aromatic rings. The van der Waals surface area contributed by atoms with Crippen LogP contribution in [0.4, 0.5) is 13.2 Å². The van der Waals surface area contributed by atoms with Crippen LogP contribution in [0.1, 0.15) is 39.0 Å². The van der Waals surface area contributed by atoms with Crippen molar-refractivity contribution < 1.29 is 27.6 Å². The fourth-order valence-corrected chi connectivity index (χ4v) is 3.76. The van der Waals surface area contributed by atoms with Crippen molar-refractivity contribution in [3.8, 4) is 0 Å². The van der Waals surface area contributed by atoms with E-state index < -0.39 is 24.1 Å². The highest BCUT2D eigenvalue weighted by molar-refractivity contribution is 6.30. The number of rotatable bonds is 5. The molecular formula is C22H21ClF3N3O3. The molecule has 10 heteroatoms. The highest BCUT2D eigenvalue weighted by atomic mass is 35.5. The summed E-state index contributed by atoms with van der Waals surface area (Å²) in [7, 11) is 1.45. The average Bonchev–Trinajstić information content (AvgIpc) is 3.18. The molecule has 0 radical (unpaired) electrons. The molecule has 1 heterocycles. The van der Waals surface area contributed by atoms with Crippen molar-refractivity contribution in [2.75, 3.05) is 13.6 Å². The third kappa shape index (κ3) is 4.57. The summed E-state index contributed by atoms with van der Waals surface area (Å²) in [5.41, 5.74) is -0.912. The maximum atomic E-state index is 14.2. The number of benzene rings is 2. The number of carbonyl (C=O) groups is 2. The monoisotopic (exact) mass is 467 g/mol. The zero-order valence-corrected chi connectivity index (χ0v) is 18.3. The number of hydrogen-bond acceptors (Lipinski definition) is 4. The zero-order chi connectivity index (χ0) is 23.7. The van der Waals surface area contributed by atoms with Crippen molar-refractivity contribution in [2.24, 2.45) is 5.16 Å². The molecule has 2 amide bonds. The molecule has 0 bridgehead atoms. The number of alkyl halides is 3. The van der Waals surface area contributed by atoms with E-state index in [0.717, 1.165) is 0 Å². The number of likely N-dealkylation sites (N-methyl/N-ethyl adjacent to an activating group) is 1. The lowest BCUT2D eigenvalue weighted by molar-refractivity contribution is -0.275. The number of nitrogens with one attached hydrogen (secondary N) is 2. The third-order valence-corrected chi connectivity index (χ3v) is 5.41. The standard InChI is InChI=1S/C22H21ClF3N3O3/c1-12-6-15(9-16(23)7-12)21(22(24,25)26)10-18(29-32-21)14-4-5-17(13(2)8-14)20(31)28-11-19(30)27-3/h4-9H,10-11H2,1-3H3,(H,27,30)(H,28,31)/t21-/m0/s1. The Morgan fingerprint density at radius 1 is 1.19 bits per heavy atom. The summed E-state index contributed by atoms with van der Waals surface area (Å²) in [6, 6.07) is 8.70. The third-order valence-electron chi connectivity index (χ3n) is 5.19. The van der Waals surface area contributed by atoms with Crippen molar-refractivity contribution in [1.82, 2.24) is 10.6 Å². The molecule has 0 saturated carbocycles. The van der Waals surface area contributed by atoms with Gasteiger partial charge in [-0.25, -0.2) is 0 Å². The minimum absolute atomic E-state index is 0.0976. The van der Waals surface area contributed by atoms with Gasteiger partial charge < -0.3 is 15.5 Å². The maximum Gasteiger partial charge on any atom is 0.435 e. The summed E-state index contributed by atoms with van der Waals surface area (Å²) in [6.07, 6.45) is -5.29. The zero-order valence-electron chi connectivity index (χ0n) is 17.6. The molecule has 6 nitrogen and oxygen atoms in total. The van der Waals surface area contributed by atoms with Gasteiger partial charge >= 0.3 is 6.18 Å². The van der Waals surface area contributed by atoms with Crippen molar-refractivity contribution >= 4 is 29.1 Å². The maximum absolute atomic E-state index is 14.2. The molecule has 1 aliphatic heterocycles. The predicted octanol–water partition coefficient (Wildman–Crippen LogP) is 4.01. The second-order valence-electron chi connectivity index (χ2n) is 7.53. The molecule has 0 aliphatic carbocycles. The van der Waals surface area contributed by atoms with Crippen LogP contribution in [0.15, 0.2) is 41.6 Å². The van der Waals surface area contributed by atoms with Gasteiger partial charge in [-0.2, -0.15) is 13.2 Å². The second-order valence-corrected chi connectivity index (χ2v) is 7.97. The van der Waals surface area contributed by atoms with Crippen LogP contribution in [-0.4, -0.2) is 37.3 Å². The minimum atomic E-state index is -4.75. The van der Waals surface area contributed by atoms with Crippen LogP contribution in [0.2, 0.25) is 5.02 Å². The van der Waals surface area contributed by atoms with Gasteiger partial charge in [0.2, 0.25) is 5.91 Å². The first-order chi connectivity index (χ1) is 15.0. The molecule has 2 aromatic carbocycles. The van der Waals surface area contributed by atoms with Crippen LogP contribution in [-0.2, 0) is 15.2 Å². The summed E-state index contributed by atoms with van der Waals surface area (Å²) in [5, 5.41) is 8.78. The average molecular weight is 468 g/mol. The number of nitrogens with zero attached hydrogens (tertiary/aromatic N) is 1. The Bertz CT molecular complexity index is 1080. The lowest BCUT2D eigenvalue weighted by Crippen LogP contribution is -2.42. The smallest absolute Gasteiger partial charge is 0.374 e. The van der Waals surface area contributed by atoms with E-state index in [1.165, 1.54) is 31.3 Å². The summed E-state index contributed by atoms with van der Waals surface area (Å²) >= 11 is 5.99. The van der Waals surface area contributed by atoms with E-state index in [1.54, 1.807) is 26.0 Å². The van der Waals surface area contributed by atoms with Gasteiger partial charge in [-0.3, -0.25) is 9.59 Å². The molecule has 0 aromatic heterocycles. The van der Waals surface area contributed by atoms with Crippen molar-refractivity contribution in [2.45, 2.75) is 32.0 Å². The molecule has 170 valence electrons. The Morgan fingerprint density at radius 3 is 2.50 bits per heavy atom. The van der Waals surface area contributed by atoms with Crippen LogP contribution in [0.5, 0.6) is 0 Å². The van der Waals surface area contributed by atoms with Gasteiger partial charge in [-0.1, -0.05) is 28.9 Å². The molecule has 32 heavy (non-hydrogen) atoms. The first-order valence-corrected chi connectivity index (χ1v) is 10.0. The molecule has 3 rings (SSSR count). The number of aryl methyl sites for hydroxylation is 2. The van der Waals surface area contributed by atoms with Gasteiger partial charge in [0.1, 0.15) is 0 Å². The lowest BCUT2D eigenvalue weighted by Gasteiger charge is -2.29. The summed E-state index contributed by atoms with van der Waals surface area (Å²) in [4.78, 5) is 28.6. The molecule has 0 fully saturated rings. The molecule has 0 unspecified atom stereocenters. The lowest BCUT2D eigenvalue weighted by atomic mass is 9.85. The number of hydrogen-bond donors (Lipinski definition) is 2. The predicted molar refractivity (Wildman–Crippen MR) is 114 cm³/mol. The van der Waals surface area contributed by atoms with Gasteiger partial charge in [0.25, 0.3) is 11.5 Å². The van der Waals surface area contributed by atoms with E-state index in [1.807, 2.05) is 0 Å². The fraction of sp³-hybridized carbons (Fsp3) is 0.318. The van der Waals surface area contributed by atoms with Crippen LogP contribution in [0.3, 0.4) is 0 Å². The first-order valence-electron chi connectivity index (χ1n) is 9.66. The normalized spacial score (nSPS) is 18.0. The molecule has 0 spiro atoms. The summed E-state index contributed by atoms with van der Waals surface area (Å²) in [6.45, 7) is 3.10. The number of halogens is 4. The Labute approximate surface area is 187 Å². The second kappa shape index (κ2) is 8.82. The Kier molecular flexibility index (Phi) is 6.50.